The molecule has 0 unspecified atom stereocenters. The van der Waals surface area contributed by atoms with Crippen LogP contribution in [-0.4, -0.2) is 9.97 Å². The Labute approximate surface area is 99.7 Å². The molecule has 2 aromatic heterocycles. The number of hydrogen-bond acceptors (Lipinski definition) is 1. The molecule has 2 nitrogen and oxygen atoms in total. The Morgan fingerprint density at radius 3 is 2.94 bits per heavy atom. The molecule has 2 heteroatoms. The van der Waals surface area contributed by atoms with Crippen LogP contribution < -0.4 is 0 Å². The minimum Gasteiger partial charge on any atom is -0.354 e. The van der Waals surface area contributed by atoms with E-state index in [0.29, 0.717) is 0 Å². The molecular weight excluding hydrogens is 208 g/mol. The van der Waals surface area contributed by atoms with Crippen LogP contribution in [0.2, 0.25) is 0 Å². The molecule has 0 spiro atoms. The van der Waals surface area contributed by atoms with Gasteiger partial charge in [0.25, 0.3) is 0 Å². The summed E-state index contributed by atoms with van der Waals surface area (Å²) in [5.41, 5.74) is 6.86. The van der Waals surface area contributed by atoms with Gasteiger partial charge < -0.3 is 4.98 Å². The summed E-state index contributed by atoms with van der Waals surface area (Å²) in [5, 5.41) is 2.59. The highest BCUT2D eigenvalue weighted by Gasteiger charge is 2.16. The maximum atomic E-state index is 4.31. The number of nitrogens with one attached hydrogen (secondary N) is 1. The summed E-state index contributed by atoms with van der Waals surface area (Å²) in [6, 6.07) is 4.54. The smallest absolute Gasteiger partial charge is 0.0525 e. The molecule has 0 saturated heterocycles. The lowest BCUT2D eigenvalue weighted by atomic mass is 10.1. The summed E-state index contributed by atoms with van der Waals surface area (Å²) in [6.07, 6.45) is 7.64. The van der Waals surface area contributed by atoms with Crippen molar-refractivity contribution < 1.29 is 0 Å². The Balaban J connectivity index is 2.24. The van der Waals surface area contributed by atoms with Crippen molar-refractivity contribution in [2.75, 3.05) is 0 Å². The third-order valence-electron chi connectivity index (χ3n) is 3.96. The fourth-order valence-corrected chi connectivity index (χ4v) is 3.09. The average molecular weight is 222 g/mol. The molecule has 2 heterocycles. The number of hydrogen-bond donors (Lipinski definition) is 1. The van der Waals surface area contributed by atoms with E-state index >= 15 is 0 Å². The van der Waals surface area contributed by atoms with Crippen LogP contribution in [0.5, 0.6) is 0 Å². The first-order chi connectivity index (χ1) is 8.34. The molecule has 0 fully saturated rings. The summed E-state index contributed by atoms with van der Waals surface area (Å²) in [7, 11) is 0. The van der Waals surface area contributed by atoms with Crippen molar-refractivity contribution in [2.45, 2.75) is 26.2 Å². The maximum absolute atomic E-state index is 4.31. The predicted molar refractivity (Wildman–Crippen MR) is 70.4 cm³/mol. The number of pyridine rings is 1. The van der Waals surface area contributed by atoms with Crippen molar-refractivity contribution >= 4 is 21.8 Å². The van der Waals surface area contributed by atoms with E-state index in [1.165, 1.54) is 57.8 Å². The molecular formula is C15H14N2. The lowest BCUT2D eigenvalue weighted by Gasteiger charge is -1.99. The summed E-state index contributed by atoms with van der Waals surface area (Å²) in [4.78, 5) is 7.91. The summed E-state index contributed by atoms with van der Waals surface area (Å²) >= 11 is 0. The van der Waals surface area contributed by atoms with Gasteiger partial charge in [-0.25, -0.2) is 0 Å². The van der Waals surface area contributed by atoms with E-state index in [-0.39, 0.29) is 0 Å². The third-order valence-corrected chi connectivity index (χ3v) is 3.96. The number of aryl methyl sites for hydroxylation is 3. The molecule has 84 valence electrons. The molecule has 4 rings (SSSR count). The molecule has 3 aromatic rings. The second kappa shape index (κ2) is 3.10. The van der Waals surface area contributed by atoms with E-state index in [1.54, 1.807) is 0 Å². The molecule has 17 heavy (non-hydrogen) atoms. The molecule has 0 saturated carbocycles. The van der Waals surface area contributed by atoms with Crippen LogP contribution in [0.3, 0.4) is 0 Å². The molecule has 1 aromatic carbocycles. The first kappa shape index (κ1) is 9.23. The highest BCUT2D eigenvalue weighted by atomic mass is 14.7. The molecule has 0 atom stereocenters. The van der Waals surface area contributed by atoms with E-state index in [4.69, 9.17) is 0 Å². The summed E-state index contributed by atoms with van der Waals surface area (Å²) in [5.74, 6) is 0. The van der Waals surface area contributed by atoms with Crippen LogP contribution in [-0.2, 0) is 12.8 Å². The Kier molecular flexibility index (Phi) is 1.68. The lowest BCUT2D eigenvalue weighted by molar-refractivity contribution is 0.913. The predicted octanol–water partition coefficient (Wildman–Crippen LogP) is 3.51. The van der Waals surface area contributed by atoms with E-state index < -0.39 is 0 Å². The van der Waals surface area contributed by atoms with Crippen molar-refractivity contribution in [1.82, 2.24) is 9.97 Å². The number of aromatic amines is 1. The second-order valence-corrected chi connectivity index (χ2v) is 4.98. The highest BCUT2D eigenvalue weighted by Crippen LogP contribution is 2.34. The second-order valence-electron chi connectivity index (χ2n) is 4.98. The lowest BCUT2D eigenvalue weighted by Crippen LogP contribution is -1.83. The van der Waals surface area contributed by atoms with Gasteiger partial charge in [-0.1, -0.05) is 12.1 Å². The van der Waals surface area contributed by atoms with Crippen LogP contribution >= 0.6 is 0 Å². The largest absolute Gasteiger partial charge is 0.354 e. The van der Waals surface area contributed by atoms with Crippen LogP contribution in [0.25, 0.3) is 21.8 Å². The van der Waals surface area contributed by atoms with Gasteiger partial charge in [0.2, 0.25) is 0 Å². The van der Waals surface area contributed by atoms with Crippen molar-refractivity contribution in [1.29, 1.82) is 0 Å². The first-order valence-corrected chi connectivity index (χ1v) is 6.21. The van der Waals surface area contributed by atoms with E-state index in [1.807, 2.05) is 12.4 Å². The number of benzene rings is 1. The van der Waals surface area contributed by atoms with Gasteiger partial charge in [0.15, 0.2) is 0 Å². The van der Waals surface area contributed by atoms with Gasteiger partial charge >= 0.3 is 0 Å². The van der Waals surface area contributed by atoms with Gasteiger partial charge in [-0.2, -0.15) is 0 Å². The van der Waals surface area contributed by atoms with Crippen molar-refractivity contribution in [3.8, 4) is 0 Å². The monoisotopic (exact) mass is 222 g/mol. The number of rotatable bonds is 0. The van der Waals surface area contributed by atoms with Crippen LogP contribution in [0.4, 0.5) is 0 Å². The standard InChI is InChI=1S/C15H14N2/c1-9-7-16-8-13-12-6-5-10-3-2-4-11(10)15(12)17-14(9)13/h5-8,17H,2-4H2,1H3. The van der Waals surface area contributed by atoms with Gasteiger partial charge in [-0.15, -0.1) is 0 Å². The fourth-order valence-electron chi connectivity index (χ4n) is 3.09. The van der Waals surface area contributed by atoms with Gasteiger partial charge in [0, 0.05) is 23.2 Å². The first-order valence-electron chi connectivity index (χ1n) is 6.21. The minimum absolute atomic E-state index is 1.21. The van der Waals surface area contributed by atoms with E-state index in [2.05, 4.69) is 29.0 Å². The van der Waals surface area contributed by atoms with Crippen LogP contribution in [0.15, 0.2) is 24.5 Å². The van der Waals surface area contributed by atoms with Gasteiger partial charge in [-0.05, 0) is 42.9 Å². The normalized spacial score (nSPS) is 14.6. The maximum Gasteiger partial charge on any atom is 0.0525 e. The van der Waals surface area contributed by atoms with Gasteiger partial charge in [0.05, 0.1) is 11.0 Å². The Bertz CT molecular complexity index is 737. The van der Waals surface area contributed by atoms with Crippen LogP contribution in [0, 0.1) is 6.92 Å². The van der Waals surface area contributed by atoms with Crippen LogP contribution in [0.1, 0.15) is 23.1 Å². The molecule has 1 N–H and O–H groups in total. The van der Waals surface area contributed by atoms with E-state index in [0.717, 1.165) is 0 Å². The molecule has 0 aliphatic heterocycles. The topological polar surface area (TPSA) is 28.7 Å². The molecule has 1 aliphatic carbocycles. The minimum atomic E-state index is 1.21. The number of aromatic nitrogens is 2. The molecule has 0 bridgehead atoms. The molecule has 0 radical (unpaired) electrons. The molecule has 1 aliphatic rings. The fraction of sp³-hybridized carbons (Fsp3) is 0.267. The average Bonchev–Trinajstić information content (AvgIpc) is 2.91. The van der Waals surface area contributed by atoms with Crippen molar-refractivity contribution in [3.63, 3.8) is 0 Å². The summed E-state index contributed by atoms with van der Waals surface area (Å²) in [6.45, 7) is 2.12. The number of fused-ring (bicyclic) bond motifs is 5. The van der Waals surface area contributed by atoms with Crippen molar-refractivity contribution in [3.05, 3.63) is 41.2 Å². The number of H-pyrrole nitrogens is 1. The Morgan fingerprint density at radius 2 is 2.00 bits per heavy atom. The van der Waals surface area contributed by atoms with Gasteiger partial charge in [0.1, 0.15) is 0 Å². The van der Waals surface area contributed by atoms with Gasteiger partial charge in [-0.3, -0.25) is 4.98 Å². The number of nitrogens with zero attached hydrogens (tertiary/aromatic N) is 1. The summed E-state index contributed by atoms with van der Waals surface area (Å²) < 4.78 is 0. The highest BCUT2D eigenvalue weighted by molar-refractivity contribution is 6.09. The zero-order valence-corrected chi connectivity index (χ0v) is 9.88. The molecule has 0 amide bonds. The Hall–Kier alpha value is -1.83. The SMILES string of the molecule is Cc1cncc2c1[nH]c1c3c(ccc12)CCC3. The van der Waals surface area contributed by atoms with E-state index in [9.17, 15) is 0 Å². The Morgan fingerprint density at radius 1 is 1.06 bits per heavy atom. The zero-order chi connectivity index (χ0) is 11.4. The quantitative estimate of drug-likeness (QED) is 0.619. The zero-order valence-electron chi connectivity index (χ0n) is 9.88. The third kappa shape index (κ3) is 1.13. The van der Waals surface area contributed by atoms with Crippen molar-refractivity contribution in [2.24, 2.45) is 0 Å².